The standard InChI is InChI=1S/C36H53N3O5/c1-10-20-37(25-16-14-13-15-17-25)31(41)28-27-18-19-36(44-27)29(28)32(42)39(26(22-40)24(4)12-3)30(36)33(43)38(21-11-2)35(8,9)23-34(5,6)7/h10-11,13-17,24,26-30,40H,1-2,12,18-23H2,3-9H3/t24-,26-,27-,28+,29-,30?,36?/m0/s1. The number of amides is 3. The van der Waals surface area contributed by atoms with Crippen LogP contribution >= 0.6 is 0 Å². The molecule has 2 unspecified atom stereocenters. The molecule has 3 saturated heterocycles. The molecular weight excluding hydrogens is 554 g/mol. The second-order valence-electron chi connectivity index (χ2n) is 14.8. The van der Waals surface area contributed by atoms with Crippen LogP contribution in [0, 0.1) is 23.2 Å². The molecular formula is C36H53N3O5. The Bertz CT molecular complexity index is 1240. The minimum atomic E-state index is -1.16. The number of benzene rings is 1. The summed E-state index contributed by atoms with van der Waals surface area (Å²) < 4.78 is 6.78. The Hall–Kier alpha value is -2.97. The third-order valence-corrected chi connectivity index (χ3v) is 10.0. The van der Waals surface area contributed by atoms with Crippen LogP contribution in [0.1, 0.15) is 74.1 Å². The summed E-state index contributed by atoms with van der Waals surface area (Å²) in [5.41, 5.74) is -1.06. The van der Waals surface area contributed by atoms with Crippen molar-refractivity contribution in [3.8, 4) is 0 Å². The molecule has 1 aromatic rings. The molecule has 242 valence electrons. The van der Waals surface area contributed by atoms with E-state index in [2.05, 4.69) is 47.8 Å². The van der Waals surface area contributed by atoms with Crippen LogP contribution in [0.3, 0.4) is 0 Å². The van der Waals surface area contributed by atoms with Gasteiger partial charge < -0.3 is 24.5 Å². The van der Waals surface area contributed by atoms with Crippen molar-refractivity contribution in [2.45, 2.75) is 103 Å². The molecule has 7 atom stereocenters. The molecule has 2 bridgehead atoms. The Morgan fingerprint density at radius 1 is 1.11 bits per heavy atom. The van der Waals surface area contributed by atoms with Crippen LogP contribution in [-0.4, -0.2) is 81.7 Å². The largest absolute Gasteiger partial charge is 0.394 e. The van der Waals surface area contributed by atoms with Gasteiger partial charge in [-0.05, 0) is 56.6 Å². The van der Waals surface area contributed by atoms with Crippen molar-refractivity contribution in [2.24, 2.45) is 23.2 Å². The number of aliphatic hydroxyl groups is 1. The fraction of sp³-hybridized carbons (Fsp3) is 0.639. The topological polar surface area (TPSA) is 90.4 Å². The van der Waals surface area contributed by atoms with E-state index in [9.17, 15) is 14.7 Å². The van der Waals surface area contributed by atoms with Crippen molar-refractivity contribution in [2.75, 3.05) is 24.6 Å². The van der Waals surface area contributed by atoms with Gasteiger partial charge in [0.2, 0.25) is 17.7 Å². The van der Waals surface area contributed by atoms with Crippen LogP contribution in [0.2, 0.25) is 0 Å². The number of carbonyl (C=O) groups excluding carboxylic acids is 3. The van der Waals surface area contributed by atoms with E-state index in [1.807, 2.05) is 49.1 Å². The number of hydrogen-bond acceptors (Lipinski definition) is 5. The average molecular weight is 608 g/mol. The summed E-state index contributed by atoms with van der Waals surface area (Å²) in [6, 6.07) is 7.84. The summed E-state index contributed by atoms with van der Waals surface area (Å²) in [4.78, 5) is 49.3. The van der Waals surface area contributed by atoms with E-state index < -0.39 is 41.2 Å². The third kappa shape index (κ3) is 5.87. The van der Waals surface area contributed by atoms with Gasteiger partial charge in [-0.3, -0.25) is 14.4 Å². The van der Waals surface area contributed by atoms with Gasteiger partial charge in [0.05, 0.1) is 30.6 Å². The molecule has 3 heterocycles. The number of ether oxygens (including phenoxy) is 1. The van der Waals surface area contributed by atoms with E-state index in [-0.39, 0.29) is 42.2 Å². The summed E-state index contributed by atoms with van der Waals surface area (Å²) >= 11 is 0. The first-order valence-corrected chi connectivity index (χ1v) is 16.2. The van der Waals surface area contributed by atoms with Gasteiger partial charge in [0.1, 0.15) is 11.6 Å². The maximum absolute atomic E-state index is 15.0. The first kappa shape index (κ1) is 33.9. The van der Waals surface area contributed by atoms with Crippen LogP contribution in [-0.2, 0) is 19.1 Å². The van der Waals surface area contributed by atoms with Crippen molar-refractivity contribution in [3.05, 3.63) is 55.6 Å². The molecule has 3 aliphatic heterocycles. The first-order chi connectivity index (χ1) is 20.7. The Morgan fingerprint density at radius 2 is 1.75 bits per heavy atom. The Labute approximate surface area is 264 Å². The molecule has 4 rings (SSSR count). The molecule has 0 aromatic heterocycles. The van der Waals surface area contributed by atoms with Crippen LogP contribution in [0.4, 0.5) is 5.69 Å². The predicted octanol–water partition coefficient (Wildman–Crippen LogP) is 5.22. The van der Waals surface area contributed by atoms with Crippen molar-refractivity contribution in [1.29, 1.82) is 0 Å². The monoisotopic (exact) mass is 607 g/mol. The number of carbonyl (C=O) groups is 3. The highest BCUT2D eigenvalue weighted by Crippen LogP contribution is 2.60. The Morgan fingerprint density at radius 3 is 2.30 bits per heavy atom. The van der Waals surface area contributed by atoms with Crippen LogP contribution < -0.4 is 4.90 Å². The summed E-state index contributed by atoms with van der Waals surface area (Å²) in [6.07, 6.45) is 5.45. The minimum Gasteiger partial charge on any atom is -0.394 e. The predicted molar refractivity (Wildman–Crippen MR) is 174 cm³/mol. The van der Waals surface area contributed by atoms with Gasteiger partial charge in [-0.25, -0.2) is 0 Å². The summed E-state index contributed by atoms with van der Waals surface area (Å²) in [6.45, 7) is 22.7. The molecule has 0 saturated carbocycles. The number of para-hydroxylation sites is 1. The molecule has 44 heavy (non-hydrogen) atoms. The number of hydrogen-bond donors (Lipinski definition) is 1. The molecule has 1 aromatic carbocycles. The highest BCUT2D eigenvalue weighted by atomic mass is 16.5. The second kappa shape index (κ2) is 12.8. The van der Waals surface area contributed by atoms with Gasteiger partial charge in [0.25, 0.3) is 0 Å². The lowest BCUT2D eigenvalue weighted by Gasteiger charge is -2.47. The lowest BCUT2D eigenvalue weighted by atomic mass is 9.70. The third-order valence-electron chi connectivity index (χ3n) is 10.0. The quantitative estimate of drug-likeness (QED) is 0.311. The number of fused-ring (bicyclic) bond motifs is 1. The zero-order valence-electron chi connectivity index (χ0n) is 27.8. The summed E-state index contributed by atoms with van der Waals surface area (Å²) in [5, 5.41) is 10.7. The van der Waals surface area contributed by atoms with Crippen LogP contribution in [0.25, 0.3) is 0 Å². The van der Waals surface area contributed by atoms with Crippen molar-refractivity contribution >= 4 is 23.4 Å². The zero-order chi connectivity index (χ0) is 32.6. The Kier molecular flexibility index (Phi) is 9.86. The SMILES string of the molecule is C=CCN(C(=O)[C@@H]1[C@@H]2CCC3(O2)C(C(=O)N(CC=C)C(C)(C)CC(C)(C)C)N([C@@H](CO)[C@@H](C)CC)C(=O)[C@H]13)c1ccccc1. The van der Waals surface area contributed by atoms with Crippen molar-refractivity contribution in [1.82, 2.24) is 9.80 Å². The number of nitrogens with zero attached hydrogens (tertiary/aromatic N) is 3. The molecule has 0 radical (unpaired) electrons. The number of aliphatic hydroxyl groups excluding tert-OH is 1. The average Bonchev–Trinajstić information content (AvgIpc) is 3.61. The molecule has 0 aliphatic carbocycles. The van der Waals surface area contributed by atoms with Gasteiger partial charge in [-0.15, -0.1) is 13.2 Å². The number of anilines is 1. The van der Waals surface area contributed by atoms with E-state index in [1.54, 1.807) is 22.0 Å². The van der Waals surface area contributed by atoms with Gasteiger partial charge in [-0.1, -0.05) is 71.4 Å². The number of rotatable bonds is 13. The lowest BCUT2D eigenvalue weighted by molar-refractivity contribution is -0.156. The summed E-state index contributed by atoms with van der Waals surface area (Å²) in [7, 11) is 0. The molecule has 3 fully saturated rings. The highest BCUT2D eigenvalue weighted by molar-refractivity contribution is 6.03. The Balaban J connectivity index is 1.84. The summed E-state index contributed by atoms with van der Waals surface area (Å²) in [5.74, 6) is -2.33. The van der Waals surface area contributed by atoms with E-state index >= 15 is 4.79 Å². The maximum atomic E-state index is 15.0. The van der Waals surface area contributed by atoms with E-state index in [0.717, 1.165) is 12.1 Å². The lowest BCUT2D eigenvalue weighted by Crippen LogP contribution is -2.63. The molecule has 3 aliphatic rings. The molecule has 8 nitrogen and oxygen atoms in total. The van der Waals surface area contributed by atoms with E-state index in [0.29, 0.717) is 25.8 Å². The smallest absolute Gasteiger partial charge is 0.249 e. The van der Waals surface area contributed by atoms with E-state index in [1.165, 1.54) is 0 Å². The van der Waals surface area contributed by atoms with Gasteiger partial charge in [0, 0.05) is 24.3 Å². The number of likely N-dealkylation sites (tertiary alicyclic amines) is 1. The van der Waals surface area contributed by atoms with Crippen LogP contribution in [0.15, 0.2) is 55.6 Å². The van der Waals surface area contributed by atoms with Crippen LogP contribution in [0.5, 0.6) is 0 Å². The van der Waals surface area contributed by atoms with E-state index in [4.69, 9.17) is 4.74 Å². The van der Waals surface area contributed by atoms with Gasteiger partial charge >= 0.3 is 0 Å². The molecule has 1 spiro atoms. The molecule has 3 amide bonds. The fourth-order valence-corrected chi connectivity index (χ4v) is 8.37. The van der Waals surface area contributed by atoms with Crippen molar-refractivity contribution in [3.63, 3.8) is 0 Å². The van der Waals surface area contributed by atoms with Gasteiger partial charge in [0.15, 0.2) is 0 Å². The first-order valence-electron chi connectivity index (χ1n) is 16.2. The zero-order valence-corrected chi connectivity index (χ0v) is 27.8. The second-order valence-corrected chi connectivity index (χ2v) is 14.8. The van der Waals surface area contributed by atoms with Gasteiger partial charge in [-0.2, -0.15) is 0 Å². The maximum Gasteiger partial charge on any atom is 0.249 e. The molecule has 1 N–H and O–H groups in total. The normalized spacial score (nSPS) is 27.5. The fourth-order valence-electron chi connectivity index (χ4n) is 8.37. The van der Waals surface area contributed by atoms with Crippen molar-refractivity contribution < 1.29 is 24.2 Å². The molecule has 8 heteroatoms. The minimum absolute atomic E-state index is 0.0640. The highest BCUT2D eigenvalue weighted by Gasteiger charge is 2.76.